The lowest BCUT2D eigenvalue weighted by atomic mass is 10.2. The van der Waals surface area contributed by atoms with E-state index in [1.807, 2.05) is 6.92 Å². The van der Waals surface area contributed by atoms with Crippen molar-refractivity contribution in [2.45, 2.75) is 13.5 Å². The molecule has 15 heavy (non-hydrogen) atoms. The average Bonchev–Trinajstić information content (AvgIpc) is 2.21. The largest absolute Gasteiger partial charge is 0.312 e. The Balaban J connectivity index is 2.44. The SMILES string of the molecule is CC(CCl)CNCc1ccc(F)cc1F. The van der Waals surface area contributed by atoms with Gasteiger partial charge in [-0.25, -0.2) is 8.78 Å². The summed E-state index contributed by atoms with van der Waals surface area (Å²) in [6, 6.07) is 3.59. The van der Waals surface area contributed by atoms with Gasteiger partial charge in [-0.1, -0.05) is 13.0 Å². The predicted molar refractivity (Wildman–Crippen MR) is 57.9 cm³/mol. The van der Waals surface area contributed by atoms with Gasteiger partial charge in [0.1, 0.15) is 11.6 Å². The van der Waals surface area contributed by atoms with E-state index in [0.717, 1.165) is 12.6 Å². The fraction of sp³-hybridized carbons (Fsp3) is 0.455. The minimum Gasteiger partial charge on any atom is -0.312 e. The molecule has 0 spiro atoms. The van der Waals surface area contributed by atoms with E-state index in [1.54, 1.807) is 0 Å². The fourth-order valence-electron chi connectivity index (χ4n) is 1.17. The molecule has 0 aliphatic carbocycles. The number of benzene rings is 1. The lowest BCUT2D eigenvalue weighted by molar-refractivity contribution is 0.530. The van der Waals surface area contributed by atoms with Crippen LogP contribution < -0.4 is 5.32 Å². The number of rotatable bonds is 5. The van der Waals surface area contributed by atoms with Crippen molar-refractivity contribution < 1.29 is 8.78 Å². The maximum atomic E-state index is 13.2. The molecule has 1 nitrogen and oxygen atoms in total. The molecule has 1 rings (SSSR count). The van der Waals surface area contributed by atoms with Crippen molar-refractivity contribution in [2.24, 2.45) is 5.92 Å². The molecule has 0 aromatic heterocycles. The fourth-order valence-corrected chi connectivity index (χ4v) is 1.28. The van der Waals surface area contributed by atoms with Crippen LogP contribution in [0.3, 0.4) is 0 Å². The first kappa shape index (κ1) is 12.4. The van der Waals surface area contributed by atoms with Crippen molar-refractivity contribution in [1.82, 2.24) is 5.32 Å². The van der Waals surface area contributed by atoms with Gasteiger partial charge in [-0.2, -0.15) is 0 Å². The molecular weight excluding hydrogens is 220 g/mol. The molecule has 0 aliphatic rings. The molecule has 1 N–H and O–H groups in total. The Morgan fingerprint density at radius 1 is 1.40 bits per heavy atom. The zero-order chi connectivity index (χ0) is 11.3. The van der Waals surface area contributed by atoms with Crippen molar-refractivity contribution in [3.63, 3.8) is 0 Å². The highest BCUT2D eigenvalue weighted by Crippen LogP contribution is 2.09. The Morgan fingerprint density at radius 3 is 2.73 bits per heavy atom. The van der Waals surface area contributed by atoms with E-state index in [0.29, 0.717) is 23.9 Å². The van der Waals surface area contributed by atoms with E-state index < -0.39 is 11.6 Å². The third kappa shape index (κ3) is 4.14. The van der Waals surface area contributed by atoms with Crippen LogP contribution in [0.4, 0.5) is 8.78 Å². The first-order valence-corrected chi connectivity index (χ1v) is 5.37. The van der Waals surface area contributed by atoms with Crippen molar-refractivity contribution in [3.8, 4) is 0 Å². The zero-order valence-electron chi connectivity index (χ0n) is 8.56. The second-order valence-corrected chi connectivity index (χ2v) is 3.93. The quantitative estimate of drug-likeness (QED) is 0.772. The summed E-state index contributed by atoms with van der Waals surface area (Å²) in [5.74, 6) is -0.152. The maximum absolute atomic E-state index is 13.2. The minimum absolute atomic E-state index is 0.343. The van der Waals surface area contributed by atoms with Crippen molar-refractivity contribution in [3.05, 3.63) is 35.4 Å². The monoisotopic (exact) mass is 233 g/mol. The number of alkyl halides is 1. The molecule has 4 heteroatoms. The number of hydrogen-bond donors (Lipinski definition) is 1. The predicted octanol–water partition coefficient (Wildman–Crippen LogP) is 2.93. The van der Waals surface area contributed by atoms with Crippen molar-refractivity contribution in [2.75, 3.05) is 12.4 Å². The summed E-state index contributed by atoms with van der Waals surface area (Å²) in [5.41, 5.74) is 0.471. The van der Waals surface area contributed by atoms with Gasteiger partial charge in [-0.15, -0.1) is 11.6 Å². The van der Waals surface area contributed by atoms with Gasteiger partial charge in [-0.3, -0.25) is 0 Å². The summed E-state index contributed by atoms with van der Waals surface area (Å²) >= 11 is 5.62. The summed E-state index contributed by atoms with van der Waals surface area (Å²) in [6.07, 6.45) is 0. The highest BCUT2D eigenvalue weighted by Gasteiger charge is 2.04. The molecule has 0 aliphatic heterocycles. The lowest BCUT2D eigenvalue weighted by Crippen LogP contribution is -2.22. The molecule has 0 bridgehead atoms. The van der Waals surface area contributed by atoms with Gasteiger partial charge < -0.3 is 5.32 Å². The molecule has 1 aromatic rings. The molecule has 0 saturated heterocycles. The third-order valence-electron chi connectivity index (χ3n) is 2.09. The summed E-state index contributed by atoms with van der Waals surface area (Å²) in [4.78, 5) is 0. The molecule has 1 atom stereocenters. The van der Waals surface area contributed by atoms with Crippen molar-refractivity contribution >= 4 is 11.6 Å². The molecule has 1 aromatic carbocycles. The van der Waals surface area contributed by atoms with E-state index in [9.17, 15) is 8.78 Å². The Labute approximate surface area is 93.4 Å². The van der Waals surface area contributed by atoms with E-state index in [-0.39, 0.29) is 0 Å². The van der Waals surface area contributed by atoms with E-state index in [4.69, 9.17) is 11.6 Å². The molecule has 0 saturated carbocycles. The molecule has 0 fully saturated rings. The second-order valence-electron chi connectivity index (χ2n) is 3.63. The molecular formula is C11H14ClF2N. The average molecular weight is 234 g/mol. The molecule has 0 amide bonds. The summed E-state index contributed by atoms with van der Waals surface area (Å²) in [5, 5.41) is 3.07. The topological polar surface area (TPSA) is 12.0 Å². The van der Waals surface area contributed by atoms with Crippen molar-refractivity contribution in [1.29, 1.82) is 0 Å². The van der Waals surface area contributed by atoms with Gasteiger partial charge in [0.2, 0.25) is 0 Å². The van der Waals surface area contributed by atoms with Crippen LogP contribution >= 0.6 is 11.6 Å². The Morgan fingerprint density at radius 2 is 2.13 bits per heavy atom. The number of halogens is 3. The summed E-state index contributed by atoms with van der Waals surface area (Å²) in [7, 11) is 0. The number of nitrogens with one attached hydrogen (secondary N) is 1. The van der Waals surface area contributed by atoms with Crippen LogP contribution in [0.2, 0.25) is 0 Å². The van der Waals surface area contributed by atoms with Crippen LogP contribution in [-0.4, -0.2) is 12.4 Å². The van der Waals surface area contributed by atoms with Gasteiger partial charge in [0, 0.05) is 24.1 Å². The summed E-state index contributed by atoms with van der Waals surface area (Å²) in [6.45, 7) is 3.12. The normalized spacial score (nSPS) is 12.8. The van der Waals surface area contributed by atoms with Gasteiger partial charge in [0.15, 0.2) is 0 Å². The van der Waals surface area contributed by atoms with Crippen LogP contribution in [0.25, 0.3) is 0 Å². The van der Waals surface area contributed by atoms with Gasteiger partial charge >= 0.3 is 0 Å². The van der Waals surface area contributed by atoms with Crippen LogP contribution in [0.1, 0.15) is 12.5 Å². The van der Waals surface area contributed by atoms with Crippen LogP contribution in [-0.2, 0) is 6.54 Å². The Kier molecular flexibility index (Phi) is 4.99. The molecule has 1 unspecified atom stereocenters. The first-order chi connectivity index (χ1) is 7.13. The van der Waals surface area contributed by atoms with Crippen LogP contribution in [0.15, 0.2) is 18.2 Å². The smallest absolute Gasteiger partial charge is 0.130 e. The molecule has 84 valence electrons. The van der Waals surface area contributed by atoms with E-state index >= 15 is 0 Å². The van der Waals surface area contributed by atoms with Gasteiger partial charge in [0.05, 0.1) is 0 Å². The van der Waals surface area contributed by atoms with Gasteiger partial charge in [0.25, 0.3) is 0 Å². The second kappa shape index (κ2) is 6.03. The maximum Gasteiger partial charge on any atom is 0.130 e. The Hall–Kier alpha value is -0.670. The highest BCUT2D eigenvalue weighted by molar-refractivity contribution is 6.18. The first-order valence-electron chi connectivity index (χ1n) is 4.84. The Bertz CT molecular complexity index is 317. The standard InChI is InChI=1S/C11H14ClF2N/c1-8(5-12)6-15-7-9-2-3-10(13)4-11(9)14/h2-4,8,15H,5-7H2,1H3. The highest BCUT2D eigenvalue weighted by atomic mass is 35.5. The van der Waals surface area contributed by atoms with Crippen LogP contribution in [0.5, 0.6) is 0 Å². The zero-order valence-corrected chi connectivity index (χ0v) is 9.32. The van der Waals surface area contributed by atoms with E-state index in [1.165, 1.54) is 12.1 Å². The van der Waals surface area contributed by atoms with Gasteiger partial charge in [-0.05, 0) is 18.5 Å². The van der Waals surface area contributed by atoms with Crippen LogP contribution in [0, 0.1) is 17.6 Å². The summed E-state index contributed by atoms with van der Waals surface area (Å²) < 4.78 is 25.7. The molecule has 0 radical (unpaired) electrons. The minimum atomic E-state index is -0.551. The third-order valence-corrected chi connectivity index (χ3v) is 2.61. The van der Waals surface area contributed by atoms with E-state index in [2.05, 4.69) is 5.32 Å². The molecule has 0 heterocycles. The lowest BCUT2D eigenvalue weighted by Gasteiger charge is -2.09. The number of hydrogen-bond acceptors (Lipinski definition) is 1.